The monoisotopic (exact) mass is 505 g/mol. The highest BCUT2D eigenvalue weighted by molar-refractivity contribution is 6.51. The molecule has 0 aliphatic carbocycles. The van der Waals surface area contributed by atoms with Crippen molar-refractivity contribution in [2.75, 3.05) is 12.0 Å². The minimum Gasteiger partial charge on any atom is -0.507 e. The molecule has 1 aliphatic heterocycles. The van der Waals surface area contributed by atoms with Crippen LogP contribution >= 0.6 is 11.6 Å². The molecule has 0 spiro atoms. The first-order valence-corrected chi connectivity index (χ1v) is 10.5. The Morgan fingerprint density at radius 1 is 1.03 bits per heavy atom. The Kier molecular flexibility index (Phi) is 6.29. The third kappa shape index (κ3) is 4.35. The van der Waals surface area contributed by atoms with Gasteiger partial charge in [-0.3, -0.25) is 14.5 Å². The van der Waals surface area contributed by atoms with Crippen molar-refractivity contribution in [2.45, 2.75) is 12.2 Å². The molecule has 0 radical (unpaired) electrons. The molecule has 35 heavy (non-hydrogen) atoms. The first-order valence-electron chi connectivity index (χ1n) is 10.1. The molecule has 1 heterocycles. The normalized spacial score (nSPS) is 17.7. The van der Waals surface area contributed by atoms with Crippen molar-refractivity contribution >= 4 is 34.7 Å². The summed E-state index contributed by atoms with van der Waals surface area (Å²) in [6.07, 6.45) is -4.62. The lowest BCUT2D eigenvalue weighted by Crippen LogP contribution is -2.30. The van der Waals surface area contributed by atoms with Gasteiger partial charge in [-0.2, -0.15) is 13.2 Å². The molecule has 1 saturated heterocycles. The molecule has 1 aliphatic rings. The zero-order valence-corrected chi connectivity index (χ0v) is 18.7. The average Bonchev–Trinajstić information content (AvgIpc) is 3.08. The number of methoxy groups -OCH3 is 1. The molecule has 10 heteroatoms. The van der Waals surface area contributed by atoms with E-state index in [1.807, 2.05) is 0 Å². The van der Waals surface area contributed by atoms with Crippen molar-refractivity contribution in [3.63, 3.8) is 0 Å². The Labute approximate surface area is 201 Å². The summed E-state index contributed by atoms with van der Waals surface area (Å²) in [5, 5.41) is 11.2. The fraction of sp³-hybridized carbons (Fsp3) is 0.120. The number of alkyl halides is 3. The second-order valence-corrected chi connectivity index (χ2v) is 7.99. The Balaban J connectivity index is 1.92. The largest absolute Gasteiger partial charge is 0.507 e. The van der Waals surface area contributed by atoms with E-state index in [1.54, 1.807) is 0 Å². The first kappa shape index (κ1) is 24.3. The molecule has 0 saturated carbocycles. The van der Waals surface area contributed by atoms with Gasteiger partial charge in [-0.05, 0) is 48.5 Å². The SMILES string of the molecule is COc1ccc(/C(O)=C2\C(=O)C(=O)N(c3ccc(C(F)(F)F)cc3)C2c2ccccc2F)cc1Cl. The fourth-order valence-corrected chi connectivity index (χ4v) is 4.13. The maximum absolute atomic E-state index is 14.9. The quantitative estimate of drug-likeness (QED) is 0.200. The number of rotatable bonds is 4. The molecule has 1 N–H and O–H groups in total. The predicted octanol–water partition coefficient (Wildman–Crippen LogP) is 6.13. The third-order valence-electron chi connectivity index (χ3n) is 5.54. The van der Waals surface area contributed by atoms with Crippen molar-refractivity contribution in [1.82, 2.24) is 0 Å². The molecule has 1 fully saturated rings. The zero-order valence-electron chi connectivity index (χ0n) is 17.9. The summed E-state index contributed by atoms with van der Waals surface area (Å²) in [4.78, 5) is 27.0. The van der Waals surface area contributed by atoms with Crippen LogP contribution in [-0.2, 0) is 15.8 Å². The number of ether oxygens (including phenoxy) is 1. The molecule has 1 amide bonds. The highest BCUT2D eigenvalue weighted by atomic mass is 35.5. The molecule has 0 bridgehead atoms. The first-order chi connectivity index (χ1) is 16.5. The van der Waals surface area contributed by atoms with Gasteiger partial charge in [0.1, 0.15) is 17.3 Å². The van der Waals surface area contributed by atoms with Crippen molar-refractivity contribution < 1.29 is 37.0 Å². The number of carbonyl (C=O) groups is 2. The van der Waals surface area contributed by atoms with E-state index in [-0.39, 0.29) is 21.8 Å². The van der Waals surface area contributed by atoms with E-state index in [0.29, 0.717) is 5.75 Å². The molecule has 0 aromatic heterocycles. The Hall–Kier alpha value is -3.85. The van der Waals surface area contributed by atoms with Crippen LogP contribution in [0.4, 0.5) is 23.2 Å². The lowest BCUT2D eigenvalue weighted by Gasteiger charge is -2.26. The zero-order chi connectivity index (χ0) is 25.5. The van der Waals surface area contributed by atoms with E-state index in [0.717, 1.165) is 35.2 Å². The van der Waals surface area contributed by atoms with Crippen molar-refractivity contribution in [1.29, 1.82) is 0 Å². The van der Waals surface area contributed by atoms with Gasteiger partial charge in [0.15, 0.2) is 0 Å². The second-order valence-electron chi connectivity index (χ2n) is 7.58. The van der Waals surface area contributed by atoms with Gasteiger partial charge >= 0.3 is 6.18 Å². The summed E-state index contributed by atoms with van der Waals surface area (Å²) < 4.78 is 59.0. The van der Waals surface area contributed by atoms with Crippen LogP contribution in [0.5, 0.6) is 5.75 Å². The number of hydrogen-bond donors (Lipinski definition) is 1. The van der Waals surface area contributed by atoms with Crippen LogP contribution in [0.25, 0.3) is 5.76 Å². The molecule has 3 aromatic rings. The number of carbonyl (C=O) groups excluding carboxylic acids is 2. The molecule has 5 nitrogen and oxygen atoms in total. The van der Waals surface area contributed by atoms with Gasteiger partial charge in [-0.1, -0.05) is 29.8 Å². The number of nitrogens with zero attached hydrogens (tertiary/aromatic N) is 1. The van der Waals surface area contributed by atoms with Crippen LogP contribution in [-0.4, -0.2) is 23.9 Å². The van der Waals surface area contributed by atoms with Crippen LogP contribution < -0.4 is 9.64 Å². The lowest BCUT2D eigenvalue weighted by molar-refractivity contribution is -0.137. The smallest absolute Gasteiger partial charge is 0.416 e. The minimum absolute atomic E-state index is 0.0579. The number of hydrogen-bond acceptors (Lipinski definition) is 4. The summed E-state index contributed by atoms with van der Waals surface area (Å²) in [5.74, 6) is -3.40. The van der Waals surface area contributed by atoms with E-state index in [1.165, 1.54) is 43.5 Å². The summed E-state index contributed by atoms with van der Waals surface area (Å²) in [7, 11) is 1.38. The predicted molar refractivity (Wildman–Crippen MR) is 121 cm³/mol. The Morgan fingerprint density at radius 2 is 1.69 bits per heavy atom. The topological polar surface area (TPSA) is 66.8 Å². The molecular formula is C25H16ClF4NO4. The highest BCUT2D eigenvalue weighted by Crippen LogP contribution is 2.44. The Bertz CT molecular complexity index is 1350. The number of amides is 1. The maximum Gasteiger partial charge on any atom is 0.416 e. The molecule has 1 unspecified atom stereocenters. The van der Waals surface area contributed by atoms with Gasteiger partial charge in [-0.25, -0.2) is 4.39 Å². The number of ketones is 1. The molecule has 3 aromatic carbocycles. The number of aliphatic hydroxyl groups excluding tert-OH is 1. The average molecular weight is 506 g/mol. The van der Waals surface area contributed by atoms with E-state index in [2.05, 4.69) is 0 Å². The van der Waals surface area contributed by atoms with Gasteiger partial charge in [0.05, 0.1) is 29.3 Å². The van der Waals surface area contributed by atoms with Crippen LogP contribution in [0.3, 0.4) is 0 Å². The molecular weight excluding hydrogens is 490 g/mol. The number of Topliss-reactive ketones (excluding diaryl/α,β-unsaturated/α-hetero) is 1. The van der Waals surface area contributed by atoms with Gasteiger partial charge in [0.2, 0.25) is 0 Å². The van der Waals surface area contributed by atoms with Crippen LogP contribution in [0.2, 0.25) is 5.02 Å². The van der Waals surface area contributed by atoms with E-state index >= 15 is 0 Å². The molecule has 4 rings (SSSR count). The van der Waals surface area contributed by atoms with Crippen molar-refractivity contribution in [3.8, 4) is 5.75 Å². The lowest BCUT2D eigenvalue weighted by atomic mass is 9.94. The standard InChI is InChI=1S/C25H16ClF4NO4/c1-35-19-11-6-13(12-17(19)26)22(32)20-21(16-4-2-3-5-18(16)27)31(24(34)23(20)33)15-9-7-14(8-10-15)25(28,29)30/h2-12,21,32H,1H3/b22-20+. The van der Waals surface area contributed by atoms with Gasteiger partial charge < -0.3 is 9.84 Å². The number of halogens is 5. The summed E-state index contributed by atoms with van der Waals surface area (Å²) in [5.41, 5.74) is -1.56. The third-order valence-corrected chi connectivity index (χ3v) is 5.84. The summed E-state index contributed by atoms with van der Waals surface area (Å²) in [6, 6.07) is 11.5. The number of anilines is 1. The van der Waals surface area contributed by atoms with Gasteiger partial charge in [-0.15, -0.1) is 0 Å². The number of aliphatic hydroxyl groups is 1. The molecule has 180 valence electrons. The molecule has 1 atom stereocenters. The van der Waals surface area contributed by atoms with Crippen LogP contribution in [0.15, 0.2) is 72.3 Å². The minimum atomic E-state index is -4.62. The second kappa shape index (κ2) is 9.07. The van der Waals surface area contributed by atoms with Crippen molar-refractivity contribution in [2.24, 2.45) is 0 Å². The fourth-order valence-electron chi connectivity index (χ4n) is 3.87. The summed E-state index contributed by atoms with van der Waals surface area (Å²) >= 11 is 6.13. The summed E-state index contributed by atoms with van der Waals surface area (Å²) in [6.45, 7) is 0. The Morgan fingerprint density at radius 3 is 2.26 bits per heavy atom. The highest BCUT2D eigenvalue weighted by Gasteiger charge is 2.48. The van der Waals surface area contributed by atoms with E-state index in [9.17, 15) is 32.3 Å². The van der Waals surface area contributed by atoms with Crippen LogP contribution in [0.1, 0.15) is 22.7 Å². The van der Waals surface area contributed by atoms with E-state index < -0.39 is 46.6 Å². The van der Waals surface area contributed by atoms with E-state index in [4.69, 9.17) is 16.3 Å². The van der Waals surface area contributed by atoms with Crippen LogP contribution in [0, 0.1) is 5.82 Å². The van der Waals surface area contributed by atoms with Crippen molar-refractivity contribution in [3.05, 3.63) is 99.8 Å². The van der Waals surface area contributed by atoms with Gasteiger partial charge in [0.25, 0.3) is 11.7 Å². The van der Waals surface area contributed by atoms with Gasteiger partial charge in [0, 0.05) is 16.8 Å². The number of benzene rings is 3. The maximum atomic E-state index is 14.9.